The van der Waals surface area contributed by atoms with Crippen molar-refractivity contribution in [3.63, 3.8) is 0 Å². The molecule has 0 saturated carbocycles. The van der Waals surface area contributed by atoms with Crippen molar-refractivity contribution in [1.29, 1.82) is 0 Å². The second-order valence-corrected chi connectivity index (χ2v) is 2.89. The van der Waals surface area contributed by atoms with Crippen molar-refractivity contribution in [2.75, 3.05) is 0 Å². The minimum atomic E-state index is 0.366. The van der Waals surface area contributed by atoms with Gasteiger partial charge in [-0.1, -0.05) is 24.3 Å². The standard InChI is InChI=1S/C11H6O2/c12-6-9-5-8-3-1-2-4-10(8)11(9)7-13/h1-4H,5H2. The molecule has 2 heteroatoms. The van der Waals surface area contributed by atoms with Crippen LogP contribution in [0.5, 0.6) is 0 Å². The second-order valence-electron chi connectivity index (χ2n) is 2.89. The molecule has 0 fully saturated rings. The van der Waals surface area contributed by atoms with E-state index in [0.717, 1.165) is 11.1 Å². The van der Waals surface area contributed by atoms with Gasteiger partial charge in [-0.25, -0.2) is 9.59 Å². The molecule has 0 bridgehead atoms. The maximum Gasteiger partial charge on any atom is 0.134 e. The molecular weight excluding hydrogens is 164 g/mol. The minimum absolute atomic E-state index is 0.366. The molecule has 62 valence electrons. The Labute approximate surface area is 75.2 Å². The van der Waals surface area contributed by atoms with E-state index in [9.17, 15) is 9.59 Å². The molecule has 0 saturated heterocycles. The van der Waals surface area contributed by atoms with Crippen molar-refractivity contribution >= 4 is 17.5 Å². The molecule has 0 spiro atoms. The highest BCUT2D eigenvalue weighted by Crippen LogP contribution is 2.32. The van der Waals surface area contributed by atoms with E-state index in [-0.39, 0.29) is 0 Å². The van der Waals surface area contributed by atoms with Crippen LogP contribution < -0.4 is 0 Å². The summed E-state index contributed by atoms with van der Waals surface area (Å²) in [5.74, 6) is 3.57. The molecule has 2 nitrogen and oxygen atoms in total. The summed E-state index contributed by atoms with van der Waals surface area (Å²) in [5.41, 5.74) is 2.59. The van der Waals surface area contributed by atoms with Gasteiger partial charge in [0.15, 0.2) is 0 Å². The quantitative estimate of drug-likeness (QED) is 0.548. The fraction of sp³-hybridized carbons (Fsp3) is 0.0909. The highest BCUT2D eigenvalue weighted by Gasteiger charge is 2.22. The van der Waals surface area contributed by atoms with Gasteiger partial charge in [0.2, 0.25) is 0 Å². The minimum Gasteiger partial charge on any atom is -0.233 e. The number of allylic oxidation sites excluding steroid dienone is 2. The van der Waals surface area contributed by atoms with Crippen molar-refractivity contribution in [2.24, 2.45) is 0 Å². The van der Waals surface area contributed by atoms with E-state index < -0.39 is 0 Å². The lowest BCUT2D eigenvalue weighted by atomic mass is 10.1. The summed E-state index contributed by atoms with van der Waals surface area (Å²) in [5, 5.41) is 0. The van der Waals surface area contributed by atoms with Gasteiger partial charge in [0.25, 0.3) is 0 Å². The maximum atomic E-state index is 10.6. The number of hydrogen-bond donors (Lipinski definition) is 0. The third kappa shape index (κ3) is 1.06. The summed E-state index contributed by atoms with van der Waals surface area (Å²) in [7, 11) is 0. The fourth-order valence-corrected chi connectivity index (χ4v) is 1.56. The van der Waals surface area contributed by atoms with E-state index in [4.69, 9.17) is 0 Å². The van der Waals surface area contributed by atoms with Gasteiger partial charge in [0, 0.05) is 6.42 Å². The molecule has 0 amide bonds. The van der Waals surface area contributed by atoms with Gasteiger partial charge in [-0.3, -0.25) is 0 Å². The van der Waals surface area contributed by atoms with E-state index in [1.807, 2.05) is 24.3 Å². The first-order chi connectivity index (χ1) is 6.36. The first-order valence-corrected chi connectivity index (χ1v) is 3.94. The van der Waals surface area contributed by atoms with E-state index >= 15 is 0 Å². The molecule has 0 aliphatic heterocycles. The zero-order chi connectivity index (χ0) is 9.26. The van der Waals surface area contributed by atoms with E-state index in [1.54, 1.807) is 11.9 Å². The Balaban J connectivity index is 2.73. The Kier molecular flexibility index (Phi) is 1.71. The third-order valence-electron chi connectivity index (χ3n) is 2.18. The van der Waals surface area contributed by atoms with Crippen LogP contribution in [0.1, 0.15) is 11.1 Å². The van der Waals surface area contributed by atoms with Gasteiger partial charge in [-0.05, 0) is 11.1 Å². The monoisotopic (exact) mass is 170 g/mol. The Morgan fingerprint density at radius 1 is 1.08 bits per heavy atom. The fourth-order valence-electron chi connectivity index (χ4n) is 1.56. The lowest BCUT2D eigenvalue weighted by molar-refractivity contribution is 0.566. The lowest BCUT2D eigenvalue weighted by Gasteiger charge is -1.93. The molecule has 2 rings (SSSR count). The van der Waals surface area contributed by atoms with Crippen LogP contribution in [-0.2, 0) is 16.0 Å². The average Bonchev–Trinajstić information content (AvgIpc) is 2.55. The van der Waals surface area contributed by atoms with Crippen LogP contribution in [0.15, 0.2) is 29.8 Å². The summed E-state index contributed by atoms with van der Waals surface area (Å²) in [6, 6.07) is 7.44. The van der Waals surface area contributed by atoms with Gasteiger partial charge >= 0.3 is 0 Å². The predicted molar refractivity (Wildman–Crippen MR) is 48.5 cm³/mol. The molecule has 0 aromatic heterocycles. The smallest absolute Gasteiger partial charge is 0.134 e. The summed E-state index contributed by atoms with van der Waals surface area (Å²) in [6.07, 6.45) is 0.504. The first kappa shape index (κ1) is 7.75. The largest absolute Gasteiger partial charge is 0.233 e. The summed E-state index contributed by atoms with van der Waals surface area (Å²) in [4.78, 5) is 21.1. The van der Waals surface area contributed by atoms with Crippen LogP contribution in [0.3, 0.4) is 0 Å². The third-order valence-corrected chi connectivity index (χ3v) is 2.18. The molecule has 0 unspecified atom stereocenters. The molecule has 0 atom stereocenters. The predicted octanol–water partition coefficient (Wildman–Crippen LogP) is 1.22. The van der Waals surface area contributed by atoms with E-state index in [2.05, 4.69) is 0 Å². The normalized spacial score (nSPS) is 13.5. The molecule has 0 heterocycles. The zero-order valence-electron chi connectivity index (χ0n) is 6.83. The van der Waals surface area contributed by atoms with Crippen LogP contribution in [0.2, 0.25) is 0 Å². The van der Waals surface area contributed by atoms with Crippen molar-refractivity contribution < 1.29 is 9.59 Å². The Bertz CT molecular complexity index is 459. The molecule has 0 N–H and O–H groups in total. The van der Waals surface area contributed by atoms with Crippen LogP contribution in [0, 0.1) is 0 Å². The SMILES string of the molecule is O=C=C1Cc2ccccc2C1=C=O. The lowest BCUT2D eigenvalue weighted by Crippen LogP contribution is -1.81. The van der Waals surface area contributed by atoms with Gasteiger partial charge in [0.05, 0.1) is 11.1 Å². The van der Waals surface area contributed by atoms with E-state index in [1.165, 1.54) is 0 Å². The Morgan fingerprint density at radius 2 is 1.85 bits per heavy atom. The molecule has 0 radical (unpaired) electrons. The molecule has 13 heavy (non-hydrogen) atoms. The van der Waals surface area contributed by atoms with Crippen LogP contribution in [0.25, 0.3) is 5.57 Å². The van der Waals surface area contributed by atoms with Gasteiger partial charge in [-0.15, -0.1) is 0 Å². The first-order valence-electron chi connectivity index (χ1n) is 3.94. The van der Waals surface area contributed by atoms with Gasteiger partial charge < -0.3 is 0 Å². The van der Waals surface area contributed by atoms with Crippen molar-refractivity contribution in [1.82, 2.24) is 0 Å². The number of fused-ring (bicyclic) bond motifs is 1. The number of rotatable bonds is 0. The molecule has 1 aliphatic carbocycles. The van der Waals surface area contributed by atoms with Crippen molar-refractivity contribution in [2.45, 2.75) is 6.42 Å². The Morgan fingerprint density at radius 3 is 2.54 bits per heavy atom. The molecule has 1 aromatic rings. The van der Waals surface area contributed by atoms with Crippen molar-refractivity contribution in [3.8, 4) is 0 Å². The highest BCUT2D eigenvalue weighted by molar-refractivity contribution is 6.04. The number of hydrogen-bond acceptors (Lipinski definition) is 2. The number of carbonyl (C=O) groups excluding carboxylic acids is 2. The van der Waals surface area contributed by atoms with Crippen LogP contribution in [-0.4, -0.2) is 11.9 Å². The highest BCUT2D eigenvalue weighted by atomic mass is 16.1. The summed E-state index contributed by atoms with van der Waals surface area (Å²) >= 11 is 0. The zero-order valence-corrected chi connectivity index (χ0v) is 6.83. The summed E-state index contributed by atoms with van der Waals surface area (Å²) < 4.78 is 0. The Hall–Kier alpha value is -1.88. The molecule has 1 aliphatic rings. The van der Waals surface area contributed by atoms with Crippen LogP contribution in [0.4, 0.5) is 0 Å². The maximum absolute atomic E-state index is 10.6. The summed E-state index contributed by atoms with van der Waals surface area (Å²) in [6.45, 7) is 0. The van der Waals surface area contributed by atoms with Crippen LogP contribution >= 0.6 is 0 Å². The van der Waals surface area contributed by atoms with Crippen molar-refractivity contribution in [3.05, 3.63) is 41.0 Å². The second kappa shape index (κ2) is 2.87. The molecule has 1 aromatic carbocycles. The molecular formula is C11H6O2. The van der Waals surface area contributed by atoms with Gasteiger partial charge in [-0.2, -0.15) is 0 Å². The topological polar surface area (TPSA) is 34.1 Å². The van der Waals surface area contributed by atoms with Gasteiger partial charge in [0.1, 0.15) is 11.9 Å². The average molecular weight is 170 g/mol. The van der Waals surface area contributed by atoms with E-state index in [0.29, 0.717) is 17.6 Å². The number of benzene rings is 1.